The van der Waals surface area contributed by atoms with Gasteiger partial charge in [0.15, 0.2) is 5.69 Å². The summed E-state index contributed by atoms with van der Waals surface area (Å²) in [6.45, 7) is 5.31. The summed E-state index contributed by atoms with van der Waals surface area (Å²) in [5.74, 6) is 0.192. The molecule has 0 atom stereocenters. The molecule has 4 rings (SSSR count). The topological polar surface area (TPSA) is 76.5 Å². The van der Waals surface area contributed by atoms with E-state index in [2.05, 4.69) is 34.4 Å². The third-order valence-corrected chi connectivity index (χ3v) is 5.97. The van der Waals surface area contributed by atoms with Crippen LogP contribution in [0.1, 0.15) is 29.4 Å². The first-order chi connectivity index (χ1) is 17.1. The monoisotopic (exact) mass is 470 g/mol. The molecule has 3 aromatic carbocycles. The summed E-state index contributed by atoms with van der Waals surface area (Å²) in [5.41, 5.74) is 1.66. The highest BCUT2D eigenvalue weighted by Crippen LogP contribution is 2.22. The molecule has 0 saturated heterocycles. The van der Waals surface area contributed by atoms with E-state index in [1.165, 1.54) is 17.4 Å². The molecule has 180 valence electrons. The maximum atomic E-state index is 13.2. The molecule has 0 aliphatic rings. The normalized spacial score (nSPS) is 11.1. The van der Waals surface area contributed by atoms with Crippen molar-refractivity contribution >= 4 is 16.7 Å². The molecule has 0 spiro atoms. The molecule has 0 unspecified atom stereocenters. The van der Waals surface area contributed by atoms with E-state index in [1.807, 2.05) is 24.3 Å². The van der Waals surface area contributed by atoms with Crippen LogP contribution in [0.4, 0.5) is 0 Å². The molecule has 1 aromatic heterocycles. The average molecular weight is 471 g/mol. The second-order valence-corrected chi connectivity index (χ2v) is 8.25. The Bertz CT molecular complexity index is 1350. The lowest BCUT2D eigenvalue weighted by molar-refractivity contribution is 0.0946. The van der Waals surface area contributed by atoms with Gasteiger partial charge in [-0.25, -0.2) is 0 Å². The zero-order valence-electron chi connectivity index (χ0n) is 20.1. The van der Waals surface area contributed by atoms with E-state index >= 15 is 0 Å². The Balaban J connectivity index is 1.51. The third-order valence-electron chi connectivity index (χ3n) is 5.97. The Kier molecular flexibility index (Phi) is 7.90. The van der Waals surface area contributed by atoms with Crippen molar-refractivity contribution in [2.75, 3.05) is 26.7 Å². The van der Waals surface area contributed by atoms with E-state index in [0.29, 0.717) is 28.8 Å². The van der Waals surface area contributed by atoms with Gasteiger partial charge in [0.05, 0.1) is 12.5 Å². The van der Waals surface area contributed by atoms with Crippen LogP contribution in [-0.4, -0.2) is 47.3 Å². The number of carbonyl (C=O) groups is 1. The quantitative estimate of drug-likeness (QED) is 0.354. The molecule has 4 aromatic rings. The number of benzene rings is 3. The first-order valence-electron chi connectivity index (χ1n) is 11.8. The number of fused-ring (bicyclic) bond motifs is 1. The van der Waals surface area contributed by atoms with Crippen molar-refractivity contribution < 1.29 is 9.53 Å². The van der Waals surface area contributed by atoms with Crippen molar-refractivity contribution in [1.29, 1.82) is 0 Å². The molecule has 1 heterocycles. The molecule has 0 saturated carbocycles. The van der Waals surface area contributed by atoms with E-state index < -0.39 is 0 Å². The highest BCUT2D eigenvalue weighted by molar-refractivity contribution is 6.04. The number of para-hydroxylation sites is 2. The van der Waals surface area contributed by atoms with Crippen LogP contribution in [-0.2, 0) is 6.54 Å². The van der Waals surface area contributed by atoms with Crippen molar-refractivity contribution in [3.63, 3.8) is 0 Å². The molecule has 7 heteroatoms. The zero-order chi connectivity index (χ0) is 24.6. The van der Waals surface area contributed by atoms with Crippen LogP contribution >= 0.6 is 0 Å². The Hall–Kier alpha value is -3.97. The molecule has 1 N–H and O–H groups in total. The van der Waals surface area contributed by atoms with Crippen molar-refractivity contribution in [2.24, 2.45) is 0 Å². The first-order valence-corrected chi connectivity index (χ1v) is 11.8. The van der Waals surface area contributed by atoms with Gasteiger partial charge in [-0.15, -0.1) is 0 Å². The molecule has 35 heavy (non-hydrogen) atoms. The number of hydrogen-bond donors (Lipinski definition) is 1. The highest BCUT2D eigenvalue weighted by atomic mass is 16.5. The number of methoxy groups -OCH3 is 1. The highest BCUT2D eigenvalue weighted by Gasteiger charge is 2.18. The second-order valence-electron chi connectivity index (χ2n) is 8.25. The SMILES string of the molecule is CCN(CCCNC(=O)c1nn(-c2ccccc2OC)c(=O)c2ccccc12)Cc1ccccc1. The van der Waals surface area contributed by atoms with Crippen LogP contribution in [0.25, 0.3) is 16.5 Å². The van der Waals surface area contributed by atoms with Crippen molar-refractivity contribution in [1.82, 2.24) is 20.0 Å². The number of carbonyl (C=O) groups excluding carboxylic acids is 1. The minimum Gasteiger partial charge on any atom is -0.494 e. The standard InChI is InChI=1S/C28H30N4O3/c1-3-31(20-21-12-5-4-6-13-21)19-11-18-29-27(33)26-22-14-7-8-15-23(22)28(34)32(30-26)24-16-9-10-17-25(24)35-2/h4-10,12-17H,3,11,18-20H2,1-2H3,(H,29,33). The van der Waals surface area contributed by atoms with Crippen LogP contribution in [0.3, 0.4) is 0 Å². The number of ether oxygens (including phenoxy) is 1. The summed E-state index contributed by atoms with van der Waals surface area (Å²) < 4.78 is 6.66. The van der Waals surface area contributed by atoms with Crippen LogP contribution in [0.15, 0.2) is 83.7 Å². The minimum absolute atomic E-state index is 0.211. The van der Waals surface area contributed by atoms with Gasteiger partial charge < -0.3 is 10.1 Å². The van der Waals surface area contributed by atoms with Gasteiger partial charge in [0.2, 0.25) is 0 Å². The fourth-order valence-electron chi connectivity index (χ4n) is 4.10. The van der Waals surface area contributed by atoms with Gasteiger partial charge in [-0.2, -0.15) is 9.78 Å². The van der Waals surface area contributed by atoms with Gasteiger partial charge in [-0.1, -0.05) is 67.6 Å². The van der Waals surface area contributed by atoms with Crippen LogP contribution in [0, 0.1) is 0 Å². The number of aromatic nitrogens is 2. The van der Waals surface area contributed by atoms with E-state index in [0.717, 1.165) is 26.1 Å². The Morgan fingerprint density at radius 3 is 2.40 bits per heavy atom. The largest absolute Gasteiger partial charge is 0.494 e. The van der Waals surface area contributed by atoms with E-state index in [1.54, 1.807) is 42.5 Å². The van der Waals surface area contributed by atoms with Gasteiger partial charge >= 0.3 is 0 Å². The maximum Gasteiger partial charge on any atom is 0.279 e. The van der Waals surface area contributed by atoms with E-state index in [9.17, 15) is 9.59 Å². The zero-order valence-corrected chi connectivity index (χ0v) is 20.1. The maximum absolute atomic E-state index is 13.2. The minimum atomic E-state index is -0.309. The molecule has 7 nitrogen and oxygen atoms in total. The summed E-state index contributed by atoms with van der Waals surface area (Å²) in [7, 11) is 1.54. The second kappa shape index (κ2) is 11.4. The molecule has 0 radical (unpaired) electrons. The fourth-order valence-corrected chi connectivity index (χ4v) is 4.10. The number of nitrogens with zero attached hydrogens (tertiary/aromatic N) is 3. The molecule has 0 fully saturated rings. The average Bonchev–Trinajstić information content (AvgIpc) is 2.91. The fraction of sp³-hybridized carbons (Fsp3) is 0.250. The van der Waals surface area contributed by atoms with Gasteiger partial charge in [0.1, 0.15) is 11.4 Å². The molecule has 0 aliphatic heterocycles. The van der Waals surface area contributed by atoms with Crippen molar-refractivity contribution in [2.45, 2.75) is 19.9 Å². The first kappa shape index (κ1) is 24.2. The Labute approximate surface area is 205 Å². The summed E-state index contributed by atoms with van der Waals surface area (Å²) in [4.78, 5) is 28.7. The van der Waals surface area contributed by atoms with Crippen molar-refractivity contribution in [3.05, 3.63) is 100 Å². The van der Waals surface area contributed by atoms with Gasteiger partial charge in [-0.3, -0.25) is 14.5 Å². The van der Waals surface area contributed by atoms with Crippen LogP contribution in [0.5, 0.6) is 5.75 Å². The Morgan fingerprint density at radius 1 is 0.971 bits per heavy atom. The lowest BCUT2D eigenvalue weighted by atomic mass is 10.1. The predicted octanol–water partition coefficient (Wildman–Crippen LogP) is 4.04. The number of amides is 1. The molecule has 0 bridgehead atoms. The smallest absolute Gasteiger partial charge is 0.279 e. The summed E-state index contributed by atoms with van der Waals surface area (Å²) in [6.07, 6.45) is 0.802. The van der Waals surface area contributed by atoms with E-state index in [4.69, 9.17) is 4.74 Å². The van der Waals surface area contributed by atoms with Crippen molar-refractivity contribution in [3.8, 4) is 11.4 Å². The summed E-state index contributed by atoms with van der Waals surface area (Å²) in [6, 6.07) is 24.5. The molecule has 1 amide bonds. The summed E-state index contributed by atoms with van der Waals surface area (Å²) in [5, 5.41) is 8.41. The molecular weight excluding hydrogens is 440 g/mol. The van der Waals surface area contributed by atoms with Crippen LogP contribution < -0.4 is 15.6 Å². The van der Waals surface area contributed by atoms with Gasteiger partial charge in [0, 0.05) is 25.0 Å². The molecule has 0 aliphatic carbocycles. The number of rotatable bonds is 10. The lowest BCUT2D eigenvalue weighted by Crippen LogP contribution is -2.32. The van der Waals surface area contributed by atoms with Gasteiger partial charge in [0.25, 0.3) is 11.5 Å². The lowest BCUT2D eigenvalue weighted by Gasteiger charge is -2.20. The molecular formula is C28H30N4O3. The predicted molar refractivity (Wildman–Crippen MR) is 138 cm³/mol. The number of nitrogens with one attached hydrogen (secondary N) is 1. The third kappa shape index (κ3) is 5.58. The number of hydrogen-bond acceptors (Lipinski definition) is 5. The van der Waals surface area contributed by atoms with E-state index in [-0.39, 0.29) is 17.2 Å². The Morgan fingerprint density at radius 2 is 1.66 bits per heavy atom. The van der Waals surface area contributed by atoms with Crippen LogP contribution in [0.2, 0.25) is 0 Å². The summed E-state index contributed by atoms with van der Waals surface area (Å²) >= 11 is 0. The van der Waals surface area contributed by atoms with Gasteiger partial charge in [-0.05, 0) is 36.7 Å².